The van der Waals surface area contributed by atoms with Crippen LogP contribution in [0.2, 0.25) is 0 Å². The number of anilines is 1. The van der Waals surface area contributed by atoms with Gasteiger partial charge in [-0.2, -0.15) is 5.10 Å². The lowest BCUT2D eigenvalue weighted by Gasteiger charge is -2.11. The van der Waals surface area contributed by atoms with E-state index in [-0.39, 0.29) is 24.7 Å². The molecule has 0 atom stereocenters. The Bertz CT molecular complexity index is 849. The topological polar surface area (TPSA) is 61.8 Å². The molecule has 2 amide bonds. The third kappa shape index (κ3) is 4.69. The minimum atomic E-state index is -0.163. The first-order valence-electron chi connectivity index (χ1n) is 8.52. The number of amides is 2. The van der Waals surface area contributed by atoms with E-state index in [1.54, 1.807) is 0 Å². The van der Waals surface area contributed by atoms with Gasteiger partial charge >= 0.3 is 0 Å². The van der Waals surface area contributed by atoms with Gasteiger partial charge in [-0.1, -0.05) is 36.4 Å². The van der Waals surface area contributed by atoms with E-state index in [4.69, 9.17) is 0 Å². The van der Waals surface area contributed by atoms with Crippen LogP contribution in [0, 0.1) is 10.5 Å². The first-order valence-corrected chi connectivity index (χ1v) is 9.60. The number of carbonyl (C=O) groups excluding carboxylic acids is 2. The van der Waals surface area contributed by atoms with Gasteiger partial charge in [-0.25, -0.2) is 5.01 Å². The molecule has 3 rings (SSSR count). The van der Waals surface area contributed by atoms with E-state index >= 15 is 0 Å². The van der Waals surface area contributed by atoms with Gasteiger partial charge in [0.25, 0.3) is 0 Å². The summed E-state index contributed by atoms with van der Waals surface area (Å²) in [6.07, 6.45) is 1.04. The standard InChI is InChI=1S/C20H20IN3O2/c1-14-7-8-16(13-17(14)21)22-19(25)9-10-20(26)24-12-11-18(23-24)15-5-3-2-4-6-15/h2-8,13H,9-12H2,1H3,(H,22,25). The second-order valence-corrected chi connectivity index (χ2v) is 7.35. The number of halogens is 1. The maximum Gasteiger partial charge on any atom is 0.243 e. The third-order valence-electron chi connectivity index (χ3n) is 4.22. The fraction of sp³-hybridized carbons (Fsp3) is 0.250. The maximum atomic E-state index is 12.3. The number of nitrogens with one attached hydrogen (secondary N) is 1. The van der Waals surface area contributed by atoms with Crippen molar-refractivity contribution in [2.45, 2.75) is 26.2 Å². The van der Waals surface area contributed by atoms with Gasteiger partial charge in [0.15, 0.2) is 0 Å². The molecule has 2 aromatic rings. The Morgan fingerprint density at radius 3 is 2.65 bits per heavy atom. The van der Waals surface area contributed by atoms with Crippen LogP contribution in [-0.4, -0.2) is 29.1 Å². The summed E-state index contributed by atoms with van der Waals surface area (Å²) in [5.41, 5.74) is 3.87. The fourth-order valence-corrected chi connectivity index (χ4v) is 3.23. The fourth-order valence-electron chi connectivity index (χ4n) is 2.71. The van der Waals surface area contributed by atoms with Crippen molar-refractivity contribution in [2.24, 2.45) is 5.10 Å². The Kier molecular flexibility index (Phi) is 6.03. The Labute approximate surface area is 166 Å². The zero-order valence-electron chi connectivity index (χ0n) is 14.5. The van der Waals surface area contributed by atoms with Gasteiger partial charge in [0.1, 0.15) is 0 Å². The Hall–Kier alpha value is -2.22. The molecule has 1 aliphatic rings. The minimum absolute atomic E-state index is 0.121. The molecule has 1 aliphatic heterocycles. The highest BCUT2D eigenvalue weighted by Crippen LogP contribution is 2.18. The van der Waals surface area contributed by atoms with Crippen LogP contribution in [0.15, 0.2) is 53.6 Å². The summed E-state index contributed by atoms with van der Waals surface area (Å²) in [6.45, 7) is 2.59. The van der Waals surface area contributed by atoms with Crippen LogP contribution in [0.25, 0.3) is 0 Å². The lowest BCUT2D eigenvalue weighted by molar-refractivity contribution is -0.132. The average Bonchev–Trinajstić information content (AvgIpc) is 3.14. The summed E-state index contributed by atoms with van der Waals surface area (Å²) in [4.78, 5) is 24.4. The van der Waals surface area contributed by atoms with Crippen molar-refractivity contribution in [1.29, 1.82) is 0 Å². The summed E-state index contributed by atoms with van der Waals surface area (Å²) in [7, 11) is 0. The van der Waals surface area contributed by atoms with Crippen LogP contribution in [0.1, 0.15) is 30.4 Å². The predicted octanol–water partition coefficient (Wildman–Crippen LogP) is 3.95. The first kappa shape index (κ1) is 18.6. The molecule has 2 aromatic carbocycles. The highest BCUT2D eigenvalue weighted by atomic mass is 127. The van der Waals surface area contributed by atoms with Crippen LogP contribution in [0.4, 0.5) is 5.69 Å². The average molecular weight is 461 g/mol. The molecule has 0 spiro atoms. The monoisotopic (exact) mass is 461 g/mol. The van der Waals surface area contributed by atoms with Gasteiger partial charge in [0.2, 0.25) is 11.8 Å². The van der Waals surface area contributed by atoms with Gasteiger partial charge in [-0.05, 0) is 52.8 Å². The maximum absolute atomic E-state index is 12.3. The molecule has 0 saturated carbocycles. The van der Waals surface area contributed by atoms with E-state index in [2.05, 4.69) is 33.0 Å². The Morgan fingerprint density at radius 2 is 1.92 bits per heavy atom. The SMILES string of the molecule is Cc1ccc(NC(=O)CCC(=O)N2CCC(c3ccccc3)=N2)cc1I. The summed E-state index contributed by atoms with van der Waals surface area (Å²) < 4.78 is 1.09. The summed E-state index contributed by atoms with van der Waals surface area (Å²) in [5.74, 6) is -0.283. The minimum Gasteiger partial charge on any atom is -0.326 e. The molecule has 134 valence electrons. The molecule has 5 nitrogen and oxygen atoms in total. The largest absolute Gasteiger partial charge is 0.326 e. The molecule has 0 radical (unpaired) electrons. The van der Waals surface area contributed by atoms with Crippen LogP contribution < -0.4 is 5.32 Å². The Balaban J connectivity index is 1.51. The smallest absolute Gasteiger partial charge is 0.243 e. The van der Waals surface area contributed by atoms with Crippen molar-refractivity contribution in [3.8, 4) is 0 Å². The number of rotatable bonds is 5. The molecule has 0 fully saturated rings. The van der Waals surface area contributed by atoms with Crippen molar-refractivity contribution >= 4 is 45.8 Å². The lowest BCUT2D eigenvalue weighted by atomic mass is 10.1. The number of hydrazone groups is 1. The molecule has 1 N–H and O–H groups in total. The number of hydrogen-bond donors (Lipinski definition) is 1. The predicted molar refractivity (Wildman–Crippen MR) is 111 cm³/mol. The van der Waals surface area contributed by atoms with Crippen LogP contribution >= 0.6 is 22.6 Å². The van der Waals surface area contributed by atoms with E-state index in [0.717, 1.165) is 27.0 Å². The number of carbonyl (C=O) groups is 2. The summed E-state index contributed by atoms with van der Waals surface area (Å²) in [5, 5.41) is 8.73. The van der Waals surface area contributed by atoms with Crippen molar-refractivity contribution < 1.29 is 9.59 Å². The van der Waals surface area contributed by atoms with Gasteiger partial charge in [0, 0.05) is 28.5 Å². The number of aryl methyl sites for hydroxylation is 1. The third-order valence-corrected chi connectivity index (χ3v) is 5.38. The number of hydrogen-bond acceptors (Lipinski definition) is 3. The summed E-state index contributed by atoms with van der Waals surface area (Å²) >= 11 is 2.23. The molecule has 26 heavy (non-hydrogen) atoms. The summed E-state index contributed by atoms with van der Waals surface area (Å²) in [6, 6.07) is 15.6. The molecule has 0 unspecified atom stereocenters. The molecule has 0 saturated heterocycles. The highest BCUT2D eigenvalue weighted by Gasteiger charge is 2.21. The lowest BCUT2D eigenvalue weighted by Crippen LogP contribution is -2.25. The molecular weight excluding hydrogens is 441 g/mol. The van der Waals surface area contributed by atoms with Crippen molar-refractivity contribution in [2.75, 3.05) is 11.9 Å². The van der Waals surface area contributed by atoms with Crippen LogP contribution in [0.3, 0.4) is 0 Å². The first-order chi connectivity index (χ1) is 12.5. The molecule has 0 bridgehead atoms. The highest BCUT2D eigenvalue weighted by molar-refractivity contribution is 14.1. The van der Waals surface area contributed by atoms with Crippen molar-refractivity contribution in [3.63, 3.8) is 0 Å². The van der Waals surface area contributed by atoms with E-state index in [9.17, 15) is 9.59 Å². The van der Waals surface area contributed by atoms with E-state index < -0.39 is 0 Å². The van der Waals surface area contributed by atoms with Gasteiger partial charge in [0.05, 0.1) is 12.3 Å². The van der Waals surface area contributed by atoms with Gasteiger partial charge in [-0.15, -0.1) is 0 Å². The zero-order valence-corrected chi connectivity index (χ0v) is 16.7. The second-order valence-electron chi connectivity index (χ2n) is 6.19. The zero-order chi connectivity index (χ0) is 18.5. The van der Waals surface area contributed by atoms with Crippen molar-refractivity contribution in [3.05, 3.63) is 63.2 Å². The van der Waals surface area contributed by atoms with Gasteiger partial charge in [-0.3, -0.25) is 9.59 Å². The van der Waals surface area contributed by atoms with Crippen LogP contribution in [-0.2, 0) is 9.59 Å². The van der Waals surface area contributed by atoms with E-state index in [0.29, 0.717) is 6.54 Å². The van der Waals surface area contributed by atoms with E-state index in [1.165, 1.54) is 10.6 Å². The van der Waals surface area contributed by atoms with E-state index in [1.807, 2.05) is 55.5 Å². The molecule has 6 heteroatoms. The van der Waals surface area contributed by atoms with Crippen molar-refractivity contribution in [1.82, 2.24) is 5.01 Å². The molecular formula is C20H20IN3O2. The number of benzene rings is 2. The number of nitrogens with zero attached hydrogens (tertiary/aromatic N) is 2. The van der Waals surface area contributed by atoms with Crippen LogP contribution in [0.5, 0.6) is 0 Å². The molecule has 1 heterocycles. The Morgan fingerprint density at radius 1 is 1.15 bits per heavy atom. The molecule has 0 aromatic heterocycles. The van der Waals surface area contributed by atoms with Gasteiger partial charge < -0.3 is 5.32 Å². The quantitative estimate of drug-likeness (QED) is 0.686. The second kappa shape index (κ2) is 8.44. The normalized spacial score (nSPS) is 13.5. The molecule has 0 aliphatic carbocycles.